The number of nitrogens with one attached hydrogen (secondary N) is 1. The lowest BCUT2D eigenvalue weighted by molar-refractivity contribution is 0.117. The molecule has 0 bridgehead atoms. The lowest BCUT2D eigenvalue weighted by Gasteiger charge is -2.50. The van der Waals surface area contributed by atoms with Crippen molar-refractivity contribution in [3.8, 4) is 0 Å². The van der Waals surface area contributed by atoms with Gasteiger partial charge in [-0.25, -0.2) is 9.97 Å². The Morgan fingerprint density at radius 3 is 2.80 bits per heavy atom. The van der Waals surface area contributed by atoms with Crippen molar-refractivity contribution in [3.63, 3.8) is 0 Å². The molecule has 1 fully saturated rings. The van der Waals surface area contributed by atoms with Crippen molar-refractivity contribution in [1.82, 2.24) is 9.97 Å². The van der Waals surface area contributed by atoms with Crippen LogP contribution in [0.15, 0.2) is 12.3 Å². The number of hydrogen-bond acceptors (Lipinski definition) is 4. The second-order valence-corrected chi connectivity index (χ2v) is 4.85. The van der Waals surface area contributed by atoms with E-state index in [4.69, 9.17) is 5.73 Å². The van der Waals surface area contributed by atoms with Crippen LogP contribution >= 0.6 is 0 Å². The topological polar surface area (TPSA) is 63.8 Å². The predicted molar refractivity (Wildman–Crippen MR) is 60.6 cm³/mol. The largest absolute Gasteiger partial charge is 0.367 e. The highest BCUT2D eigenvalue weighted by Gasteiger charge is 2.46. The van der Waals surface area contributed by atoms with Gasteiger partial charge in [-0.1, -0.05) is 13.8 Å². The zero-order valence-electron chi connectivity index (χ0n) is 9.49. The smallest absolute Gasteiger partial charge is 0.129 e. The zero-order chi connectivity index (χ0) is 11.1. The maximum absolute atomic E-state index is 5.96. The molecule has 82 valence electrons. The van der Waals surface area contributed by atoms with Crippen LogP contribution in [0.4, 0.5) is 5.82 Å². The van der Waals surface area contributed by atoms with Crippen molar-refractivity contribution in [1.29, 1.82) is 0 Å². The molecule has 2 atom stereocenters. The van der Waals surface area contributed by atoms with Crippen molar-refractivity contribution < 1.29 is 0 Å². The van der Waals surface area contributed by atoms with Gasteiger partial charge in [0.1, 0.15) is 11.6 Å². The van der Waals surface area contributed by atoms with Crippen LogP contribution in [0.3, 0.4) is 0 Å². The molecule has 3 N–H and O–H groups in total. The van der Waals surface area contributed by atoms with Gasteiger partial charge in [0.25, 0.3) is 0 Å². The Morgan fingerprint density at radius 2 is 2.27 bits per heavy atom. The third-order valence-electron chi connectivity index (χ3n) is 3.44. The first-order valence-corrected chi connectivity index (χ1v) is 5.32. The van der Waals surface area contributed by atoms with Crippen LogP contribution in [-0.4, -0.2) is 22.1 Å². The van der Waals surface area contributed by atoms with Gasteiger partial charge in [0.2, 0.25) is 0 Å². The maximum Gasteiger partial charge on any atom is 0.129 e. The molecule has 0 aliphatic heterocycles. The Bertz CT molecular complexity index is 361. The fourth-order valence-corrected chi connectivity index (χ4v) is 1.92. The van der Waals surface area contributed by atoms with Crippen molar-refractivity contribution >= 4 is 5.82 Å². The SMILES string of the molecule is Cc1nccc(NC2CC(N)C2(C)C)n1. The van der Waals surface area contributed by atoms with Crippen LogP contribution < -0.4 is 11.1 Å². The summed E-state index contributed by atoms with van der Waals surface area (Å²) in [5, 5.41) is 3.41. The summed E-state index contributed by atoms with van der Waals surface area (Å²) in [6.45, 7) is 6.27. The Morgan fingerprint density at radius 1 is 1.53 bits per heavy atom. The van der Waals surface area contributed by atoms with Gasteiger partial charge in [-0.05, 0) is 19.4 Å². The molecular weight excluding hydrogens is 188 g/mol. The van der Waals surface area contributed by atoms with Gasteiger partial charge >= 0.3 is 0 Å². The van der Waals surface area contributed by atoms with Crippen molar-refractivity contribution in [2.45, 2.75) is 39.3 Å². The average molecular weight is 206 g/mol. The number of rotatable bonds is 2. The van der Waals surface area contributed by atoms with Gasteiger partial charge in [-0.3, -0.25) is 0 Å². The standard InChI is InChI=1S/C11H18N4/c1-7-13-5-4-10(14-7)15-9-6-8(12)11(9,2)3/h4-5,8-9H,6,12H2,1-3H3,(H,13,14,15). The summed E-state index contributed by atoms with van der Waals surface area (Å²) in [7, 11) is 0. The molecule has 1 heterocycles. The fourth-order valence-electron chi connectivity index (χ4n) is 1.92. The number of hydrogen-bond donors (Lipinski definition) is 2. The molecule has 4 heteroatoms. The van der Waals surface area contributed by atoms with Gasteiger partial charge in [-0.15, -0.1) is 0 Å². The highest BCUT2D eigenvalue weighted by molar-refractivity contribution is 5.36. The molecule has 1 aliphatic rings. The van der Waals surface area contributed by atoms with E-state index in [1.54, 1.807) is 6.20 Å². The Kier molecular flexibility index (Phi) is 2.38. The summed E-state index contributed by atoms with van der Waals surface area (Å²) in [6.07, 6.45) is 2.78. The predicted octanol–water partition coefficient (Wildman–Crippen LogP) is 1.32. The van der Waals surface area contributed by atoms with E-state index in [0.717, 1.165) is 18.1 Å². The highest BCUT2D eigenvalue weighted by atomic mass is 15.1. The van der Waals surface area contributed by atoms with E-state index in [0.29, 0.717) is 6.04 Å². The van der Waals surface area contributed by atoms with Crippen LogP contribution in [0, 0.1) is 12.3 Å². The van der Waals surface area contributed by atoms with Crippen LogP contribution in [0.5, 0.6) is 0 Å². The van der Waals surface area contributed by atoms with E-state index >= 15 is 0 Å². The van der Waals surface area contributed by atoms with Crippen LogP contribution in [0.25, 0.3) is 0 Å². The van der Waals surface area contributed by atoms with Gasteiger partial charge in [0.15, 0.2) is 0 Å². The third-order valence-corrected chi connectivity index (χ3v) is 3.44. The molecule has 0 radical (unpaired) electrons. The summed E-state index contributed by atoms with van der Waals surface area (Å²) in [4.78, 5) is 8.39. The molecule has 1 aromatic heterocycles. The molecule has 0 saturated heterocycles. The first-order valence-electron chi connectivity index (χ1n) is 5.32. The number of nitrogens with zero attached hydrogens (tertiary/aromatic N) is 2. The molecule has 1 saturated carbocycles. The molecule has 0 spiro atoms. The summed E-state index contributed by atoms with van der Waals surface area (Å²) in [6, 6.07) is 2.60. The molecule has 2 rings (SSSR count). The van der Waals surface area contributed by atoms with E-state index in [-0.39, 0.29) is 11.5 Å². The average Bonchev–Trinajstić information content (AvgIpc) is 2.17. The van der Waals surface area contributed by atoms with Gasteiger partial charge in [-0.2, -0.15) is 0 Å². The maximum atomic E-state index is 5.96. The first kappa shape index (κ1) is 10.4. The van der Waals surface area contributed by atoms with E-state index in [1.165, 1.54) is 0 Å². The number of aromatic nitrogens is 2. The molecular formula is C11H18N4. The van der Waals surface area contributed by atoms with Crippen LogP contribution in [0.2, 0.25) is 0 Å². The second kappa shape index (κ2) is 3.45. The lowest BCUT2D eigenvalue weighted by atomic mass is 9.63. The molecule has 2 unspecified atom stereocenters. The Labute approximate surface area is 90.3 Å². The molecule has 0 amide bonds. The number of aryl methyl sites for hydroxylation is 1. The summed E-state index contributed by atoms with van der Waals surface area (Å²) >= 11 is 0. The lowest BCUT2D eigenvalue weighted by Crippen LogP contribution is -2.61. The number of anilines is 1. The quantitative estimate of drug-likeness (QED) is 0.766. The van der Waals surface area contributed by atoms with Gasteiger partial charge in [0.05, 0.1) is 0 Å². The van der Waals surface area contributed by atoms with Gasteiger partial charge < -0.3 is 11.1 Å². The molecule has 1 aromatic rings. The molecule has 4 nitrogen and oxygen atoms in total. The van der Waals surface area contributed by atoms with Crippen molar-refractivity contribution in [2.75, 3.05) is 5.32 Å². The Balaban J connectivity index is 2.05. The van der Waals surface area contributed by atoms with E-state index in [2.05, 4.69) is 29.1 Å². The monoisotopic (exact) mass is 206 g/mol. The minimum absolute atomic E-state index is 0.152. The molecule has 15 heavy (non-hydrogen) atoms. The van der Waals surface area contributed by atoms with Crippen LogP contribution in [0.1, 0.15) is 26.1 Å². The normalized spacial score (nSPS) is 28.3. The fraction of sp³-hybridized carbons (Fsp3) is 0.636. The molecule has 1 aliphatic carbocycles. The van der Waals surface area contributed by atoms with E-state index < -0.39 is 0 Å². The van der Waals surface area contributed by atoms with E-state index in [1.807, 2.05) is 13.0 Å². The minimum atomic E-state index is 0.152. The van der Waals surface area contributed by atoms with Crippen molar-refractivity contribution in [3.05, 3.63) is 18.1 Å². The highest BCUT2D eigenvalue weighted by Crippen LogP contribution is 2.40. The minimum Gasteiger partial charge on any atom is -0.367 e. The summed E-state index contributed by atoms with van der Waals surface area (Å²) in [5.41, 5.74) is 6.11. The second-order valence-electron chi connectivity index (χ2n) is 4.85. The third kappa shape index (κ3) is 1.81. The van der Waals surface area contributed by atoms with Crippen LogP contribution in [-0.2, 0) is 0 Å². The Hall–Kier alpha value is -1.16. The number of nitrogens with two attached hydrogens (primary N) is 1. The first-order chi connectivity index (χ1) is 7.00. The molecule has 0 aromatic carbocycles. The van der Waals surface area contributed by atoms with Gasteiger partial charge in [0, 0.05) is 23.7 Å². The summed E-state index contributed by atoms with van der Waals surface area (Å²) in [5.74, 6) is 1.69. The van der Waals surface area contributed by atoms with Crippen molar-refractivity contribution in [2.24, 2.45) is 11.1 Å². The zero-order valence-corrected chi connectivity index (χ0v) is 9.49. The van der Waals surface area contributed by atoms with E-state index in [9.17, 15) is 0 Å². The summed E-state index contributed by atoms with van der Waals surface area (Å²) < 4.78 is 0.